The van der Waals surface area contributed by atoms with Crippen molar-refractivity contribution in [2.45, 2.75) is 70.8 Å². The van der Waals surface area contributed by atoms with Gasteiger partial charge >= 0.3 is 11.9 Å². The Balaban J connectivity index is 1.17. The Morgan fingerprint density at radius 1 is 0.879 bits per heavy atom. The third-order valence-corrected chi connectivity index (χ3v) is 8.36. The first kappa shape index (κ1) is 22.4. The minimum absolute atomic E-state index is 0.0126. The van der Waals surface area contributed by atoms with Crippen molar-refractivity contribution in [3.05, 3.63) is 29.8 Å². The minimum Gasteiger partial charge on any atom is -0.464 e. The summed E-state index contributed by atoms with van der Waals surface area (Å²) in [5, 5.41) is 2.97. The van der Waals surface area contributed by atoms with Gasteiger partial charge in [0.05, 0.1) is 12.5 Å². The van der Waals surface area contributed by atoms with Gasteiger partial charge in [0.1, 0.15) is 11.8 Å². The summed E-state index contributed by atoms with van der Waals surface area (Å²) in [4.78, 5) is 37.9. The van der Waals surface area contributed by atoms with Gasteiger partial charge in [-0.15, -0.1) is 0 Å². The average molecular weight is 454 g/mol. The molecule has 178 valence electrons. The van der Waals surface area contributed by atoms with Crippen LogP contribution in [-0.2, 0) is 25.5 Å². The van der Waals surface area contributed by atoms with Crippen molar-refractivity contribution in [1.29, 1.82) is 0 Å². The van der Waals surface area contributed by atoms with Crippen LogP contribution >= 0.6 is 0 Å². The molecule has 5 rings (SSSR count). The smallest absolute Gasteiger partial charge is 0.328 e. The third-order valence-electron chi connectivity index (χ3n) is 8.36. The monoisotopic (exact) mass is 453 g/mol. The zero-order valence-electron chi connectivity index (χ0n) is 19.5. The number of fused-ring (bicyclic) bond motifs is 2. The van der Waals surface area contributed by atoms with E-state index in [1.807, 2.05) is 12.1 Å². The minimum atomic E-state index is -0.705. The molecule has 4 aliphatic rings. The molecule has 4 saturated carbocycles. The Morgan fingerprint density at radius 3 is 1.97 bits per heavy atom. The molecule has 33 heavy (non-hydrogen) atoms. The summed E-state index contributed by atoms with van der Waals surface area (Å²) in [6.07, 6.45) is 9.73. The molecule has 5 atom stereocenters. The number of benzene rings is 1. The molecule has 0 unspecified atom stereocenters. The highest BCUT2D eigenvalue weighted by atomic mass is 16.5. The molecule has 1 N–H and O–H groups in total. The summed E-state index contributed by atoms with van der Waals surface area (Å²) >= 11 is 0. The molecule has 0 aliphatic heterocycles. The number of hydrogen-bond donors (Lipinski definition) is 1. The third kappa shape index (κ3) is 4.80. The summed E-state index contributed by atoms with van der Waals surface area (Å²) in [5.41, 5.74) is 0.890. The van der Waals surface area contributed by atoms with E-state index in [9.17, 15) is 14.4 Å². The van der Waals surface area contributed by atoms with E-state index in [4.69, 9.17) is 9.47 Å². The maximum absolute atomic E-state index is 12.9. The lowest BCUT2D eigenvalue weighted by molar-refractivity contribution is -0.147. The number of rotatable bonds is 8. The summed E-state index contributed by atoms with van der Waals surface area (Å²) in [5.74, 6) is 2.16. The predicted octanol–water partition coefficient (Wildman–Crippen LogP) is 4.05. The SMILES string of the molecule is CCOC(=O)[C@H](Cc1ccc(OC(=O)C2[C@H]3CCCC[C@H]23)cc1)NC(=O)C1[C@H]2CCCC[C@H]12. The van der Waals surface area contributed by atoms with Crippen LogP contribution in [0.2, 0.25) is 0 Å². The molecule has 0 bridgehead atoms. The predicted molar refractivity (Wildman–Crippen MR) is 122 cm³/mol. The molecule has 1 aromatic carbocycles. The number of carbonyl (C=O) groups is 3. The lowest BCUT2D eigenvalue weighted by atomic mass is 10.0. The van der Waals surface area contributed by atoms with E-state index >= 15 is 0 Å². The molecule has 4 fully saturated rings. The van der Waals surface area contributed by atoms with Crippen LogP contribution in [0.1, 0.15) is 63.9 Å². The van der Waals surface area contributed by atoms with Crippen LogP contribution in [0.25, 0.3) is 0 Å². The van der Waals surface area contributed by atoms with Crippen molar-refractivity contribution in [3.63, 3.8) is 0 Å². The van der Waals surface area contributed by atoms with Crippen LogP contribution < -0.4 is 10.1 Å². The number of ether oxygens (including phenoxy) is 2. The summed E-state index contributed by atoms with van der Waals surface area (Å²) in [7, 11) is 0. The molecular weight excluding hydrogens is 418 g/mol. The van der Waals surface area contributed by atoms with Gasteiger partial charge in [-0.25, -0.2) is 4.79 Å². The van der Waals surface area contributed by atoms with Gasteiger partial charge in [0, 0.05) is 12.3 Å². The highest BCUT2D eigenvalue weighted by Crippen LogP contribution is 2.56. The van der Waals surface area contributed by atoms with E-state index in [-0.39, 0.29) is 30.3 Å². The van der Waals surface area contributed by atoms with Gasteiger partial charge < -0.3 is 14.8 Å². The molecule has 6 heteroatoms. The van der Waals surface area contributed by atoms with Crippen molar-refractivity contribution in [2.24, 2.45) is 35.5 Å². The first-order chi connectivity index (χ1) is 16.1. The van der Waals surface area contributed by atoms with Gasteiger partial charge in [-0.1, -0.05) is 37.8 Å². The molecule has 0 saturated heterocycles. The molecule has 6 nitrogen and oxygen atoms in total. The Hall–Kier alpha value is -2.37. The molecule has 0 radical (unpaired) electrons. The Bertz CT molecular complexity index is 872. The number of amides is 1. The fourth-order valence-corrected chi connectivity index (χ4v) is 6.54. The fourth-order valence-electron chi connectivity index (χ4n) is 6.54. The molecular formula is C27H35NO5. The molecule has 1 aromatic rings. The number of hydrogen-bond acceptors (Lipinski definition) is 5. The van der Waals surface area contributed by atoms with Gasteiger partial charge in [-0.3, -0.25) is 9.59 Å². The maximum atomic E-state index is 12.9. The van der Waals surface area contributed by atoms with E-state index in [0.717, 1.165) is 31.2 Å². The first-order valence-corrected chi connectivity index (χ1v) is 12.8. The van der Waals surface area contributed by atoms with Gasteiger partial charge in [0.15, 0.2) is 0 Å². The number of esters is 2. The maximum Gasteiger partial charge on any atom is 0.328 e. The van der Waals surface area contributed by atoms with Gasteiger partial charge in [-0.05, 0) is 74.0 Å². The van der Waals surface area contributed by atoms with Gasteiger partial charge in [-0.2, -0.15) is 0 Å². The highest BCUT2D eigenvalue weighted by Gasteiger charge is 2.56. The Morgan fingerprint density at radius 2 is 1.42 bits per heavy atom. The van der Waals surface area contributed by atoms with Crippen LogP contribution in [0, 0.1) is 35.5 Å². The van der Waals surface area contributed by atoms with Crippen LogP contribution in [-0.4, -0.2) is 30.5 Å². The normalized spacial score (nSPS) is 32.5. The van der Waals surface area contributed by atoms with E-state index in [0.29, 0.717) is 35.8 Å². The standard InChI is InChI=1S/C27H35NO5/c1-2-32-26(30)22(28-25(29)23-18-7-3-4-8-19(18)23)15-16-11-13-17(14-12-16)33-27(31)24-20-9-5-6-10-21(20)24/h11-14,18-24H,2-10,15H2,1H3,(H,28,29)/t18-,19-,20-,21-,22-/m0/s1. The van der Waals surface area contributed by atoms with E-state index < -0.39 is 12.0 Å². The van der Waals surface area contributed by atoms with Crippen LogP contribution in [0.5, 0.6) is 5.75 Å². The second kappa shape index (κ2) is 9.47. The summed E-state index contributed by atoms with van der Waals surface area (Å²) in [6.45, 7) is 2.04. The quantitative estimate of drug-likeness (QED) is 0.474. The van der Waals surface area contributed by atoms with E-state index in [2.05, 4.69) is 5.32 Å². The second-order valence-electron chi connectivity index (χ2n) is 10.4. The van der Waals surface area contributed by atoms with Crippen molar-refractivity contribution in [2.75, 3.05) is 6.61 Å². The first-order valence-electron chi connectivity index (χ1n) is 12.8. The zero-order valence-corrected chi connectivity index (χ0v) is 19.5. The van der Waals surface area contributed by atoms with Crippen LogP contribution in [0.15, 0.2) is 24.3 Å². The molecule has 4 aliphatic carbocycles. The summed E-state index contributed by atoms with van der Waals surface area (Å²) in [6, 6.07) is 6.57. The van der Waals surface area contributed by atoms with Gasteiger partial charge in [0.2, 0.25) is 5.91 Å². The van der Waals surface area contributed by atoms with Crippen molar-refractivity contribution in [3.8, 4) is 5.75 Å². The average Bonchev–Trinajstić information content (AvgIpc) is 3.72. The molecule has 0 spiro atoms. The lowest BCUT2D eigenvalue weighted by Gasteiger charge is -2.18. The number of nitrogens with one attached hydrogen (secondary N) is 1. The van der Waals surface area contributed by atoms with Crippen molar-refractivity contribution >= 4 is 17.8 Å². The molecule has 0 heterocycles. The lowest BCUT2D eigenvalue weighted by Crippen LogP contribution is -2.44. The molecule has 1 amide bonds. The van der Waals surface area contributed by atoms with Gasteiger partial charge in [0.25, 0.3) is 0 Å². The van der Waals surface area contributed by atoms with Crippen molar-refractivity contribution < 1.29 is 23.9 Å². The van der Waals surface area contributed by atoms with Crippen LogP contribution in [0.4, 0.5) is 0 Å². The highest BCUT2D eigenvalue weighted by molar-refractivity contribution is 5.88. The van der Waals surface area contributed by atoms with Crippen molar-refractivity contribution in [1.82, 2.24) is 5.32 Å². The van der Waals surface area contributed by atoms with E-state index in [1.165, 1.54) is 25.7 Å². The van der Waals surface area contributed by atoms with Crippen LogP contribution in [0.3, 0.4) is 0 Å². The Kier molecular flexibility index (Phi) is 6.44. The zero-order chi connectivity index (χ0) is 22.9. The fraction of sp³-hybridized carbons (Fsp3) is 0.667. The second-order valence-corrected chi connectivity index (χ2v) is 10.4. The summed E-state index contributed by atoms with van der Waals surface area (Å²) < 4.78 is 10.9. The Labute approximate surface area is 195 Å². The largest absolute Gasteiger partial charge is 0.464 e. The van der Waals surface area contributed by atoms with E-state index in [1.54, 1.807) is 19.1 Å². The topological polar surface area (TPSA) is 81.7 Å². The number of carbonyl (C=O) groups excluding carboxylic acids is 3. The molecule has 0 aromatic heterocycles.